The minimum atomic E-state index is -3.80. The number of hydrogen-bond donors (Lipinski definition) is 1. The van der Waals surface area contributed by atoms with Crippen LogP contribution >= 0.6 is 23.2 Å². The van der Waals surface area contributed by atoms with Crippen molar-refractivity contribution >= 4 is 44.8 Å². The van der Waals surface area contributed by atoms with Crippen LogP contribution in [0.1, 0.15) is 31.9 Å². The molecule has 10 heteroatoms. The van der Waals surface area contributed by atoms with Crippen molar-refractivity contribution in [3.63, 3.8) is 0 Å². The molecule has 7 nitrogen and oxygen atoms in total. The molecule has 168 valence electrons. The monoisotopic (exact) mass is 486 g/mol. The first kappa shape index (κ1) is 23.5. The van der Waals surface area contributed by atoms with Gasteiger partial charge in [-0.3, -0.25) is 9.10 Å². The molecule has 3 rings (SSSR count). The van der Waals surface area contributed by atoms with Crippen molar-refractivity contribution in [2.45, 2.75) is 32.4 Å². The fraction of sp³-hybridized carbons (Fsp3) is 0.381. The summed E-state index contributed by atoms with van der Waals surface area (Å²) in [4.78, 5) is 13.1. The number of carbonyl (C=O) groups excluding carboxylic acids is 1. The minimum Gasteiger partial charge on any atom is -0.486 e. The number of halogens is 2. The lowest BCUT2D eigenvalue weighted by Gasteiger charge is -2.31. The Morgan fingerprint density at radius 3 is 2.29 bits per heavy atom. The highest BCUT2D eigenvalue weighted by molar-refractivity contribution is 7.92. The first-order valence-electron chi connectivity index (χ1n) is 9.75. The maximum absolute atomic E-state index is 13.1. The molecule has 0 fully saturated rings. The highest BCUT2D eigenvalue weighted by Gasteiger charge is 2.32. The SMILES string of the molecule is CC[C@H](C(=O)N[C@@H](C)c1ccc2c(c1)OCCO2)N(c1cc(Cl)cc(Cl)c1)S(C)(=O)=O. The van der Waals surface area contributed by atoms with Gasteiger partial charge in [0.25, 0.3) is 0 Å². The number of anilines is 1. The molecule has 31 heavy (non-hydrogen) atoms. The van der Waals surface area contributed by atoms with E-state index in [1.54, 1.807) is 13.0 Å². The molecule has 0 aromatic heterocycles. The second-order valence-corrected chi connectivity index (χ2v) is 9.98. The zero-order chi connectivity index (χ0) is 22.8. The van der Waals surface area contributed by atoms with Crippen LogP contribution in [-0.2, 0) is 14.8 Å². The molecule has 2 aromatic rings. The average molecular weight is 487 g/mol. The maximum Gasteiger partial charge on any atom is 0.244 e. The van der Waals surface area contributed by atoms with Crippen molar-refractivity contribution in [1.29, 1.82) is 0 Å². The molecule has 0 saturated carbocycles. The molecule has 1 amide bonds. The van der Waals surface area contributed by atoms with Gasteiger partial charge in [0.05, 0.1) is 18.0 Å². The van der Waals surface area contributed by atoms with Gasteiger partial charge in [-0.2, -0.15) is 0 Å². The summed E-state index contributed by atoms with van der Waals surface area (Å²) in [7, 11) is -3.80. The van der Waals surface area contributed by atoms with Crippen molar-refractivity contribution < 1.29 is 22.7 Å². The number of carbonyl (C=O) groups is 1. The number of fused-ring (bicyclic) bond motifs is 1. The van der Waals surface area contributed by atoms with E-state index in [4.69, 9.17) is 32.7 Å². The Morgan fingerprint density at radius 1 is 1.10 bits per heavy atom. The fourth-order valence-corrected chi connectivity index (χ4v) is 5.16. The lowest BCUT2D eigenvalue weighted by molar-refractivity contribution is -0.122. The van der Waals surface area contributed by atoms with Crippen molar-refractivity contribution in [2.24, 2.45) is 0 Å². The van der Waals surface area contributed by atoms with E-state index in [9.17, 15) is 13.2 Å². The summed E-state index contributed by atoms with van der Waals surface area (Å²) in [6.45, 7) is 4.51. The second-order valence-electron chi connectivity index (χ2n) is 7.24. The van der Waals surface area contributed by atoms with Crippen LogP contribution in [0, 0.1) is 0 Å². The standard InChI is InChI=1S/C21H24Cl2N2O5S/c1-4-18(25(31(3,27)28)17-11-15(22)10-16(23)12-17)21(26)24-13(2)14-5-6-19-20(9-14)30-8-7-29-19/h5-6,9-13,18H,4,7-8H2,1-3H3,(H,24,26)/t13-,18+/m0/s1. The zero-order valence-corrected chi connectivity index (χ0v) is 19.7. The Morgan fingerprint density at radius 2 is 1.71 bits per heavy atom. The van der Waals surface area contributed by atoms with Gasteiger partial charge in [0, 0.05) is 10.0 Å². The molecule has 0 aliphatic carbocycles. The Kier molecular flexibility index (Phi) is 7.24. The molecule has 2 atom stereocenters. The number of nitrogens with one attached hydrogen (secondary N) is 1. The number of sulfonamides is 1. The van der Waals surface area contributed by atoms with Gasteiger partial charge in [-0.25, -0.2) is 8.42 Å². The minimum absolute atomic E-state index is 0.231. The first-order chi connectivity index (χ1) is 14.6. The maximum atomic E-state index is 13.1. The Bertz CT molecular complexity index is 1060. The lowest BCUT2D eigenvalue weighted by atomic mass is 10.1. The summed E-state index contributed by atoms with van der Waals surface area (Å²) in [6, 6.07) is 8.50. The van der Waals surface area contributed by atoms with Gasteiger partial charge < -0.3 is 14.8 Å². The second kappa shape index (κ2) is 9.54. The van der Waals surface area contributed by atoms with Crippen molar-refractivity contribution in [3.05, 3.63) is 52.0 Å². The van der Waals surface area contributed by atoms with Gasteiger partial charge in [0.2, 0.25) is 15.9 Å². The van der Waals surface area contributed by atoms with Crippen LogP contribution in [0.3, 0.4) is 0 Å². The molecule has 1 heterocycles. The number of amides is 1. The van der Waals surface area contributed by atoms with E-state index in [2.05, 4.69) is 5.32 Å². The van der Waals surface area contributed by atoms with E-state index in [-0.39, 0.29) is 28.2 Å². The summed E-state index contributed by atoms with van der Waals surface area (Å²) in [6.07, 6.45) is 1.29. The third-order valence-electron chi connectivity index (χ3n) is 4.86. The number of benzene rings is 2. The quantitative estimate of drug-likeness (QED) is 0.633. The van der Waals surface area contributed by atoms with E-state index in [0.29, 0.717) is 24.7 Å². The van der Waals surface area contributed by atoms with Gasteiger partial charge in [-0.1, -0.05) is 36.2 Å². The largest absolute Gasteiger partial charge is 0.486 e. The molecule has 0 bridgehead atoms. The molecule has 0 spiro atoms. The van der Waals surface area contributed by atoms with Crippen LogP contribution in [0.25, 0.3) is 0 Å². The molecule has 1 N–H and O–H groups in total. The van der Waals surface area contributed by atoms with Crippen LogP contribution in [0.2, 0.25) is 10.0 Å². The van der Waals surface area contributed by atoms with Crippen molar-refractivity contribution in [3.8, 4) is 11.5 Å². The predicted octanol–water partition coefficient (Wildman–Crippen LogP) is 4.19. The molecule has 0 radical (unpaired) electrons. The molecular weight excluding hydrogens is 463 g/mol. The molecule has 2 aromatic carbocycles. The van der Waals surface area contributed by atoms with E-state index in [0.717, 1.165) is 16.1 Å². The molecular formula is C21H24Cl2N2O5S. The number of hydrogen-bond acceptors (Lipinski definition) is 5. The normalized spacial score (nSPS) is 15.1. The Labute approximate surface area is 192 Å². The lowest BCUT2D eigenvalue weighted by Crippen LogP contribution is -2.49. The fourth-order valence-electron chi connectivity index (χ4n) is 3.45. The molecule has 1 aliphatic rings. The number of ether oxygens (including phenoxy) is 2. The summed E-state index contributed by atoms with van der Waals surface area (Å²) in [5.41, 5.74) is 1.04. The topological polar surface area (TPSA) is 84.9 Å². The highest BCUT2D eigenvalue weighted by Crippen LogP contribution is 2.33. The zero-order valence-electron chi connectivity index (χ0n) is 17.4. The van der Waals surface area contributed by atoms with Crippen LogP contribution in [0.15, 0.2) is 36.4 Å². The van der Waals surface area contributed by atoms with Crippen LogP contribution < -0.4 is 19.1 Å². The van der Waals surface area contributed by atoms with Gasteiger partial charge in [-0.15, -0.1) is 0 Å². The van der Waals surface area contributed by atoms with Gasteiger partial charge >= 0.3 is 0 Å². The summed E-state index contributed by atoms with van der Waals surface area (Å²) in [5, 5.41) is 3.45. The van der Waals surface area contributed by atoms with E-state index >= 15 is 0 Å². The van der Waals surface area contributed by atoms with Crippen molar-refractivity contribution in [1.82, 2.24) is 5.32 Å². The molecule has 0 unspecified atom stereocenters. The van der Waals surface area contributed by atoms with E-state index in [1.165, 1.54) is 18.2 Å². The first-order valence-corrected chi connectivity index (χ1v) is 12.4. The van der Waals surface area contributed by atoms with Gasteiger partial charge in [0.15, 0.2) is 11.5 Å². The summed E-state index contributed by atoms with van der Waals surface area (Å²) < 4.78 is 37.4. The number of nitrogens with zero attached hydrogens (tertiary/aromatic N) is 1. The Hall–Kier alpha value is -2.16. The van der Waals surface area contributed by atoms with Gasteiger partial charge in [-0.05, 0) is 49.2 Å². The smallest absolute Gasteiger partial charge is 0.244 e. The van der Waals surface area contributed by atoms with E-state index in [1.807, 2.05) is 19.1 Å². The van der Waals surface area contributed by atoms with E-state index < -0.39 is 22.0 Å². The number of rotatable bonds is 7. The molecule has 0 saturated heterocycles. The van der Waals surface area contributed by atoms with Crippen LogP contribution in [0.5, 0.6) is 11.5 Å². The average Bonchev–Trinajstić information content (AvgIpc) is 2.69. The molecule has 1 aliphatic heterocycles. The van der Waals surface area contributed by atoms with Crippen LogP contribution in [0.4, 0.5) is 5.69 Å². The third-order valence-corrected chi connectivity index (χ3v) is 6.47. The highest BCUT2D eigenvalue weighted by atomic mass is 35.5. The Balaban J connectivity index is 1.86. The van der Waals surface area contributed by atoms with Crippen molar-refractivity contribution in [2.75, 3.05) is 23.8 Å². The van der Waals surface area contributed by atoms with Gasteiger partial charge in [0.1, 0.15) is 19.3 Å². The predicted molar refractivity (Wildman–Crippen MR) is 122 cm³/mol. The third kappa shape index (κ3) is 5.56. The van der Waals surface area contributed by atoms with Crippen LogP contribution in [-0.4, -0.2) is 39.8 Å². The summed E-state index contributed by atoms with van der Waals surface area (Å²) >= 11 is 12.1. The summed E-state index contributed by atoms with van der Waals surface area (Å²) in [5.74, 6) is 0.829.